The topological polar surface area (TPSA) is 72.2 Å². The van der Waals surface area contributed by atoms with Crippen LogP contribution in [-0.2, 0) is 16.4 Å². The van der Waals surface area contributed by atoms with Gasteiger partial charge >= 0.3 is 0 Å². The fourth-order valence-corrected chi connectivity index (χ4v) is 2.54. The van der Waals surface area contributed by atoms with E-state index in [9.17, 15) is 8.42 Å². The van der Waals surface area contributed by atoms with Gasteiger partial charge in [0.25, 0.3) is 0 Å². The predicted octanol–water partition coefficient (Wildman–Crippen LogP) is 0.876. The third-order valence-electron chi connectivity index (χ3n) is 2.43. The van der Waals surface area contributed by atoms with Gasteiger partial charge in [0, 0.05) is 0 Å². The molecule has 0 atom stereocenters. The average molecular weight is 242 g/mol. The number of rotatable bonds is 6. The van der Waals surface area contributed by atoms with Crippen molar-refractivity contribution in [2.75, 3.05) is 13.6 Å². The molecule has 0 aliphatic heterocycles. The first-order chi connectivity index (χ1) is 7.61. The zero-order valence-corrected chi connectivity index (χ0v) is 10.3. The van der Waals surface area contributed by atoms with Crippen LogP contribution in [-0.4, -0.2) is 22.0 Å². The normalized spacial score (nSPS) is 11.6. The summed E-state index contributed by atoms with van der Waals surface area (Å²) in [7, 11) is -1.92. The van der Waals surface area contributed by atoms with Crippen molar-refractivity contribution >= 4 is 10.0 Å². The minimum absolute atomic E-state index is 0.370. The van der Waals surface area contributed by atoms with E-state index in [4.69, 9.17) is 5.73 Å². The van der Waals surface area contributed by atoms with Gasteiger partial charge in [0.15, 0.2) is 0 Å². The Hall–Kier alpha value is -0.910. The molecule has 0 bridgehead atoms. The number of nitrogens with one attached hydrogen (secondary N) is 1. The Morgan fingerprint density at radius 1 is 1.25 bits per heavy atom. The summed E-state index contributed by atoms with van der Waals surface area (Å²) in [4.78, 5) is 0.370. The molecule has 1 rings (SSSR count). The Kier molecular flexibility index (Phi) is 4.92. The molecule has 0 aromatic heterocycles. The van der Waals surface area contributed by atoms with Crippen LogP contribution in [0.4, 0.5) is 0 Å². The van der Waals surface area contributed by atoms with Crippen LogP contribution in [0.1, 0.15) is 18.4 Å². The minimum atomic E-state index is -3.35. The summed E-state index contributed by atoms with van der Waals surface area (Å²) in [5.41, 5.74) is 6.26. The lowest BCUT2D eigenvalue weighted by Gasteiger charge is -2.08. The Balaban J connectivity index is 2.92. The summed E-state index contributed by atoms with van der Waals surface area (Å²) in [5.74, 6) is 0. The molecule has 5 heteroatoms. The van der Waals surface area contributed by atoms with Crippen molar-refractivity contribution in [3.05, 3.63) is 29.8 Å². The number of sulfonamides is 1. The molecule has 0 amide bonds. The molecule has 0 aliphatic rings. The van der Waals surface area contributed by atoms with Gasteiger partial charge in [0.2, 0.25) is 10.0 Å². The van der Waals surface area contributed by atoms with Crippen LogP contribution in [0.3, 0.4) is 0 Å². The van der Waals surface area contributed by atoms with Gasteiger partial charge in [-0.25, -0.2) is 13.1 Å². The maximum absolute atomic E-state index is 11.7. The lowest BCUT2D eigenvalue weighted by Crippen LogP contribution is -2.20. The molecule has 1 aromatic rings. The van der Waals surface area contributed by atoms with Gasteiger partial charge in [-0.1, -0.05) is 18.2 Å². The van der Waals surface area contributed by atoms with Gasteiger partial charge < -0.3 is 5.73 Å². The quantitative estimate of drug-likeness (QED) is 0.727. The second-order valence-electron chi connectivity index (χ2n) is 3.56. The molecule has 0 unspecified atom stereocenters. The molecule has 0 saturated carbocycles. The summed E-state index contributed by atoms with van der Waals surface area (Å²) >= 11 is 0. The number of benzene rings is 1. The van der Waals surface area contributed by atoms with Crippen LogP contribution < -0.4 is 10.5 Å². The maximum Gasteiger partial charge on any atom is 0.240 e. The van der Waals surface area contributed by atoms with E-state index < -0.39 is 10.0 Å². The number of hydrogen-bond acceptors (Lipinski definition) is 3. The highest BCUT2D eigenvalue weighted by atomic mass is 32.2. The van der Waals surface area contributed by atoms with E-state index in [0.29, 0.717) is 11.4 Å². The van der Waals surface area contributed by atoms with Crippen molar-refractivity contribution in [2.24, 2.45) is 5.73 Å². The number of nitrogens with two attached hydrogens (primary N) is 1. The molecule has 0 fully saturated rings. The van der Waals surface area contributed by atoms with Crippen molar-refractivity contribution in [1.82, 2.24) is 4.72 Å². The van der Waals surface area contributed by atoms with Gasteiger partial charge in [-0.05, 0) is 44.5 Å². The van der Waals surface area contributed by atoms with Crippen molar-refractivity contribution in [3.63, 3.8) is 0 Å². The predicted molar refractivity (Wildman–Crippen MR) is 64.7 cm³/mol. The first-order valence-electron chi connectivity index (χ1n) is 5.33. The molecule has 90 valence electrons. The zero-order valence-electron chi connectivity index (χ0n) is 9.44. The third kappa shape index (κ3) is 3.30. The smallest absolute Gasteiger partial charge is 0.240 e. The van der Waals surface area contributed by atoms with Crippen LogP contribution in [0.2, 0.25) is 0 Å². The second kappa shape index (κ2) is 5.98. The highest BCUT2D eigenvalue weighted by Gasteiger charge is 2.14. The summed E-state index contributed by atoms with van der Waals surface area (Å²) in [6.07, 6.45) is 2.56. The highest BCUT2D eigenvalue weighted by Crippen LogP contribution is 2.16. The van der Waals surface area contributed by atoms with Crippen LogP contribution in [0.25, 0.3) is 0 Å². The standard InChI is InChI=1S/C11H18N2O2S/c1-13-16(14,15)11-8-3-2-6-10(11)7-4-5-9-12/h2-3,6,8,13H,4-5,7,9,12H2,1H3. The molecule has 16 heavy (non-hydrogen) atoms. The molecular formula is C11H18N2O2S. The second-order valence-corrected chi connectivity index (χ2v) is 5.42. The van der Waals surface area contributed by atoms with Crippen LogP contribution in [0.5, 0.6) is 0 Å². The Labute approximate surface area is 96.9 Å². The van der Waals surface area contributed by atoms with Gasteiger partial charge in [-0.3, -0.25) is 0 Å². The maximum atomic E-state index is 11.7. The van der Waals surface area contributed by atoms with Crippen LogP contribution in [0.15, 0.2) is 29.2 Å². The Morgan fingerprint density at radius 2 is 1.94 bits per heavy atom. The summed E-state index contributed by atoms with van der Waals surface area (Å²) in [6, 6.07) is 7.06. The molecule has 0 aliphatic carbocycles. The summed E-state index contributed by atoms with van der Waals surface area (Å²) in [6.45, 7) is 0.640. The number of hydrogen-bond donors (Lipinski definition) is 2. The van der Waals surface area contributed by atoms with Gasteiger partial charge in [0.1, 0.15) is 0 Å². The zero-order chi connectivity index (χ0) is 12.0. The van der Waals surface area contributed by atoms with E-state index in [0.717, 1.165) is 24.8 Å². The fourth-order valence-electron chi connectivity index (χ4n) is 1.54. The van der Waals surface area contributed by atoms with Crippen molar-refractivity contribution in [2.45, 2.75) is 24.2 Å². The van der Waals surface area contributed by atoms with E-state index in [2.05, 4.69) is 4.72 Å². The summed E-state index contributed by atoms with van der Waals surface area (Å²) in [5, 5.41) is 0. The Morgan fingerprint density at radius 3 is 2.56 bits per heavy atom. The van der Waals surface area contributed by atoms with Crippen LogP contribution in [0, 0.1) is 0 Å². The van der Waals surface area contributed by atoms with E-state index in [1.165, 1.54) is 7.05 Å². The lowest BCUT2D eigenvalue weighted by molar-refractivity contribution is 0.586. The largest absolute Gasteiger partial charge is 0.330 e. The van der Waals surface area contributed by atoms with Crippen molar-refractivity contribution in [1.29, 1.82) is 0 Å². The van der Waals surface area contributed by atoms with Crippen molar-refractivity contribution < 1.29 is 8.42 Å². The molecule has 4 nitrogen and oxygen atoms in total. The van der Waals surface area contributed by atoms with Gasteiger partial charge in [0.05, 0.1) is 4.90 Å². The number of unbranched alkanes of at least 4 members (excludes halogenated alkanes) is 1. The number of aryl methyl sites for hydroxylation is 1. The molecule has 0 saturated heterocycles. The molecule has 1 aromatic carbocycles. The summed E-state index contributed by atoms with van der Waals surface area (Å²) < 4.78 is 25.8. The van der Waals surface area contributed by atoms with E-state index in [-0.39, 0.29) is 0 Å². The molecular weight excluding hydrogens is 224 g/mol. The van der Waals surface area contributed by atoms with Gasteiger partial charge in [-0.2, -0.15) is 0 Å². The molecule has 0 spiro atoms. The fraction of sp³-hybridized carbons (Fsp3) is 0.455. The molecule has 0 radical (unpaired) electrons. The minimum Gasteiger partial charge on any atom is -0.330 e. The van der Waals surface area contributed by atoms with Crippen molar-refractivity contribution in [3.8, 4) is 0 Å². The Bertz CT molecular complexity index is 429. The van der Waals surface area contributed by atoms with Gasteiger partial charge in [-0.15, -0.1) is 0 Å². The molecule has 0 heterocycles. The highest BCUT2D eigenvalue weighted by molar-refractivity contribution is 7.89. The first-order valence-corrected chi connectivity index (χ1v) is 6.81. The third-order valence-corrected chi connectivity index (χ3v) is 3.95. The van der Waals surface area contributed by atoms with E-state index in [1.807, 2.05) is 12.1 Å². The first kappa shape index (κ1) is 13.2. The average Bonchev–Trinajstić information content (AvgIpc) is 2.30. The van der Waals surface area contributed by atoms with E-state index in [1.54, 1.807) is 12.1 Å². The van der Waals surface area contributed by atoms with E-state index >= 15 is 0 Å². The molecule has 3 N–H and O–H groups in total. The SMILES string of the molecule is CNS(=O)(=O)c1ccccc1CCCCN. The monoisotopic (exact) mass is 242 g/mol. The van der Waals surface area contributed by atoms with Crippen LogP contribution >= 0.6 is 0 Å². The lowest BCUT2D eigenvalue weighted by atomic mass is 10.1.